The number of ether oxygens (including phenoxy) is 1. The van der Waals surface area contributed by atoms with Gasteiger partial charge in [0.1, 0.15) is 5.82 Å². The van der Waals surface area contributed by atoms with E-state index in [2.05, 4.69) is 45.2 Å². The van der Waals surface area contributed by atoms with E-state index >= 15 is 0 Å². The van der Waals surface area contributed by atoms with Gasteiger partial charge < -0.3 is 9.64 Å². The summed E-state index contributed by atoms with van der Waals surface area (Å²) in [5, 5.41) is 4.39. The third-order valence-corrected chi connectivity index (χ3v) is 4.59. The van der Waals surface area contributed by atoms with Crippen LogP contribution in [0.15, 0.2) is 16.7 Å². The number of halogens is 1. The molecule has 0 radical (unpaired) electrons. The summed E-state index contributed by atoms with van der Waals surface area (Å²) in [6.07, 6.45) is 3.90. The van der Waals surface area contributed by atoms with Gasteiger partial charge >= 0.3 is 0 Å². The monoisotopic (exact) mass is 356 g/mol. The van der Waals surface area contributed by atoms with E-state index in [4.69, 9.17) is 9.72 Å². The molecule has 108 valence electrons. The Labute approximate surface area is 130 Å². The molecule has 3 rings (SSSR count). The van der Waals surface area contributed by atoms with E-state index in [1.807, 2.05) is 4.52 Å². The van der Waals surface area contributed by atoms with E-state index in [0.717, 1.165) is 41.4 Å². The maximum absolute atomic E-state index is 5.51. The first kappa shape index (κ1) is 14.2. The minimum Gasteiger partial charge on any atom is -0.377 e. The number of thioether (sulfide) groups is 1. The van der Waals surface area contributed by atoms with Crippen LogP contribution < -0.4 is 4.90 Å². The Bertz CT molecular complexity index is 618. The zero-order valence-corrected chi connectivity index (χ0v) is 13.9. The Kier molecular flexibility index (Phi) is 4.18. The van der Waals surface area contributed by atoms with E-state index in [0.29, 0.717) is 6.04 Å². The number of hydrogen-bond donors (Lipinski definition) is 0. The van der Waals surface area contributed by atoms with Crippen molar-refractivity contribution in [1.29, 1.82) is 0 Å². The lowest BCUT2D eigenvalue weighted by atomic mass is 10.2. The van der Waals surface area contributed by atoms with Crippen LogP contribution in [0.4, 0.5) is 5.82 Å². The van der Waals surface area contributed by atoms with Crippen molar-refractivity contribution in [2.45, 2.75) is 18.7 Å². The van der Waals surface area contributed by atoms with Crippen molar-refractivity contribution in [3.63, 3.8) is 0 Å². The Hall–Kier alpha value is -0.790. The summed E-state index contributed by atoms with van der Waals surface area (Å²) in [6, 6.07) is 2.49. The highest BCUT2D eigenvalue weighted by molar-refractivity contribution is 9.10. The Balaban J connectivity index is 2.08. The van der Waals surface area contributed by atoms with Gasteiger partial charge in [0.05, 0.1) is 35.6 Å². The molecular formula is C13H17BrN4OS. The minimum absolute atomic E-state index is 0.350. The maximum atomic E-state index is 5.51. The summed E-state index contributed by atoms with van der Waals surface area (Å²) in [7, 11) is 0. The van der Waals surface area contributed by atoms with Gasteiger partial charge in [0, 0.05) is 18.4 Å². The molecule has 1 aliphatic heterocycles. The molecule has 0 bridgehead atoms. The van der Waals surface area contributed by atoms with Gasteiger partial charge in [-0.15, -0.1) is 0 Å². The molecule has 1 aliphatic rings. The van der Waals surface area contributed by atoms with Crippen molar-refractivity contribution in [1.82, 2.24) is 14.6 Å². The molecule has 20 heavy (non-hydrogen) atoms. The van der Waals surface area contributed by atoms with Crippen LogP contribution in [-0.4, -0.2) is 46.7 Å². The minimum atomic E-state index is 0.350. The van der Waals surface area contributed by atoms with Crippen LogP contribution in [-0.2, 0) is 10.5 Å². The molecule has 0 N–H and O–H groups in total. The molecule has 0 spiro atoms. The summed E-state index contributed by atoms with van der Waals surface area (Å²) < 4.78 is 8.35. The molecular weight excluding hydrogens is 340 g/mol. The highest BCUT2D eigenvalue weighted by Gasteiger charge is 2.22. The molecule has 2 aromatic heterocycles. The maximum Gasteiger partial charge on any atom is 0.171 e. The number of hydrogen-bond acceptors (Lipinski definition) is 5. The Morgan fingerprint density at radius 1 is 1.55 bits per heavy atom. The number of rotatable bonds is 3. The third-order valence-electron chi connectivity index (χ3n) is 3.44. The van der Waals surface area contributed by atoms with E-state index in [-0.39, 0.29) is 0 Å². The predicted octanol–water partition coefficient (Wildman–Crippen LogP) is 2.58. The van der Waals surface area contributed by atoms with Gasteiger partial charge in [-0.05, 0) is 29.1 Å². The second-order valence-corrected chi connectivity index (χ2v) is 6.60. The topological polar surface area (TPSA) is 42.7 Å². The SMILES string of the molecule is CSCc1cc(N2CCOC[C@H]2C)nc2c(Br)cnn12. The first-order chi connectivity index (χ1) is 9.70. The summed E-state index contributed by atoms with van der Waals surface area (Å²) >= 11 is 5.32. The molecule has 1 fully saturated rings. The first-order valence-electron chi connectivity index (χ1n) is 6.57. The second-order valence-electron chi connectivity index (χ2n) is 4.88. The van der Waals surface area contributed by atoms with Gasteiger partial charge in [0.15, 0.2) is 5.65 Å². The number of nitrogens with zero attached hydrogens (tertiary/aromatic N) is 4. The molecule has 7 heteroatoms. The van der Waals surface area contributed by atoms with Gasteiger partial charge in [-0.2, -0.15) is 16.9 Å². The fraction of sp³-hybridized carbons (Fsp3) is 0.538. The van der Waals surface area contributed by atoms with Crippen LogP contribution >= 0.6 is 27.7 Å². The molecule has 0 aliphatic carbocycles. The summed E-state index contributed by atoms with van der Waals surface area (Å²) in [5.74, 6) is 1.93. The fourth-order valence-electron chi connectivity index (χ4n) is 2.45. The summed E-state index contributed by atoms with van der Waals surface area (Å²) in [4.78, 5) is 7.08. The Morgan fingerprint density at radius 2 is 2.40 bits per heavy atom. The summed E-state index contributed by atoms with van der Waals surface area (Å²) in [6.45, 7) is 4.57. The van der Waals surface area contributed by atoms with Crippen LogP contribution in [0, 0.1) is 0 Å². The van der Waals surface area contributed by atoms with E-state index < -0.39 is 0 Å². The normalized spacial score (nSPS) is 19.8. The highest BCUT2D eigenvalue weighted by Crippen LogP contribution is 2.25. The van der Waals surface area contributed by atoms with Crippen LogP contribution in [0.3, 0.4) is 0 Å². The fourth-order valence-corrected chi connectivity index (χ4v) is 3.30. The number of fused-ring (bicyclic) bond motifs is 1. The molecule has 1 saturated heterocycles. The van der Waals surface area contributed by atoms with Crippen molar-refractivity contribution in [2.75, 3.05) is 30.9 Å². The average molecular weight is 357 g/mol. The average Bonchev–Trinajstić information content (AvgIpc) is 2.82. The van der Waals surface area contributed by atoms with Crippen LogP contribution in [0.2, 0.25) is 0 Å². The van der Waals surface area contributed by atoms with Gasteiger partial charge in [-0.25, -0.2) is 9.50 Å². The molecule has 0 saturated carbocycles. The van der Waals surface area contributed by atoms with Crippen LogP contribution in [0.25, 0.3) is 5.65 Å². The molecule has 0 amide bonds. The zero-order valence-electron chi connectivity index (χ0n) is 11.5. The van der Waals surface area contributed by atoms with E-state index in [1.165, 1.54) is 5.69 Å². The Morgan fingerprint density at radius 3 is 3.15 bits per heavy atom. The molecule has 3 heterocycles. The van der Waals surface area contributed by atoms with Crippen molar-refractivity contribution < 1.29 is 4.74 Å². The van der Waals surface area contributed by atoms with E-state index in [9.17, 15) is 0 Å². The lowest BCUT2D eigenvalue weighted by Crippen LogP contribution is -2.44. The second kappa shape index (κ2) is 5.91. The van der Waals surface area contributed by atoms with Crippen LogP contribution in [0.1, 0.15) is 12.6 Å². The van der Waals surface area contributed by atoms with Gasteiger partial charge in [-0.1, -0.05) is 0 Å². The molecule has 2 aromatic rings. The smallest absolute Gasteiger partial charge is 0.171 e. The first-order valence-corrected chi connectivity index (χ1v) is 8.76. The molecule has 5 nitrogen and oxygen atoms in total. The van der Waals surface area contributed by atoms with Gasteiger partial charge in [0.2, 0.25) is 0 Å². The predicted molar refractivity (Wildman–Crippen MR) is 85.5 cm³/mol. The quantitative estimate of drug-likeness (QED) is 0.845. The van der Waals surface area contributed by atoms with Crippen molar-refractivity contribution in [3.8, 4) is 0 Å². The lowest BCUT2D eigenvalue weighted by Gasteiger charge is -2.34. The van der Waals surface area contributed by atoms with Crippen LogP contribution in [0.5, 0.6) is 0 Å². The van der Waals surface area contributed by atoms with Crippen molar-refractivity contribution >= 4 is 39.2 Å². The molecule has 0 unspecified atom stereocenters. The van der Waals surface area contributed by atoms with Gasteiger partial charge in [-0.3, -0.25) is 0 Å². The molecule has 1 atom stereocenters. The number of morpholine rings is 1. The van der Waals surface area contributed by atoms with Gasteiger partial charge in [0.25, 0.3) is 0 Å². The standard InChI is InChI=1S/C13H17BrN4OS/c1-9-7-19-4-3-17(9)12-5-10(8-20-2)18-13(16-12)11(14)6-15-18/h5-6,9H,3-4,7-8H2,1-2H3/t9-/m1/s1. The number of anilines is 1. The molecule has 0 aromatic carbocycles. The van der Waals surface area contributed by atoms with E-state index in [1.54, 1.807) is 18.0 Å². The van der Waals surface area contributed by atoms with Crippen molar-refractivity contribution in [3.05, 3.63) is 22.4 Å². The third kappa shape index (κ3) is 2.54. The zero-order chi connectivity index (χ0) is 14.1. The lowest BCUT2D eigenvalue weighted by molar-refractivity contribution is 0.0985. The number of aromatic nitrogens is 3. The largest absolute Gasteiger partial charge is 0.377 e. The summed E-state index contributed by atoms with van der Waals surface area (Å²) in [5.41, 5.74) is 2.05. The van der Waals surface area contributed by atoms with Crippen molar-refractivity contribution in [2.24, 2.45) is 0 Å². The highest BCUT2D eigenvalue weighted by atomic mass is 79.9.